The summed E-state index contributed by atoms with van der Waals surface area (Å²) in [7, 11) is 0. The number of carbonyl (C=O) groups excluding carboxylic acids is 5. The summed E-state index contributed by atoms with van der Waals surface area (Å²) < 4.78 is 9.79. The molecule has 1 heterocycles. The first kappa shape index (κ1) is 21.5. The van der Waals surface area contributed by atoms with Crippen molar-refractivity contribution in [2.24, 2.45) is 11.8 Å². The van der Waals surface area contributed by atoms with Crippen LogP contribution >= 0.6 is 0 Å². The fraction of sp³-hybridized carbons (Fsp3) is 0.476. The van der Waals surface area contributed by atoms with Crippen molar-refractivity contribution >= 4 is 35.3 Å². The molecular weight excluding hydrogens is 392 g/mol. The van der Waals surface area contributed by atoms with Gasteiger partial charge in [0.1, 0.15) is 6.54 Å². The number of nitrogens with one attached hydrogen (secondary N) is 1. The molecule has 1 aromatic rings. The summed E-state index contributed by atoms with van der Waals surface area (Å²) in [6.45, 7) is 0.933. The fourth-order valence-electron chi connectivity index (χ4n) is 3.81. The van der Waals surface area contributed by atoms with Crippen molar-refractivity contribution in [3.8, 4) is 0 Å². The van der Waals surface area contributed by atoms with E-state index < -0.39 is 31.0 Å². The van der Waals surface area contributed by atoms with Gasteiger partial charge in [0.25, 0.3) is 5.91 Å². The number of rotatable bonds is 7. The van der Waals surface area contributed by atoms with E-state index >= 15 is 0 Å². The third-order valence-electron chi connectivity index (χ3n) is 5.26. The molecule has 9 nitrogen and oxygen atoms in total. The molecule has 0 aromatic heterocycles. The van der Waals surface area contributed by atoms with Gasteiger partial charge in [-0.05, 0) is 44.0 Å². The van der Waals surface area contributed by atoms with Gasteiger partial charge in [0.15, 0.2) is 6.61 Å². The highest BCUT2D eigenvalue weighted by Gasteiger charge is 2.48. The molecule has 1 saturated carbocycles. The molecule has 160 valence electrons. The minimum Gasteiger partial charge on any atom is -0.462 e. The van der Waals surface area contributed by atoms with Gasteiger partial charge < -0.3 is 14.8 Å². The fourth-order valence-corrected chi connectivity index (χ4v) is 3.81. The number of carbonyl (C=O) groups is 5. The minimum atomic E-state index is -0.817. The highest BCUT2D eigenvalue weighted by Crippen LogP contribution is 2.37. The number of anilines is 1. The number of esters is 2. The lowest BCUT2D eigenvalue weighted by Gasteiger charge is -2.19. The van der Waals surface area contributed by atoms with Gasteiger partial charge in [-0.3, -0.25) is 24.1 Å². The van der Waals surface area contributed by atoms with E-state index in [4.69, 9.17) is 9.47 Å². The second-order valence-electron chi connectivity index (χ2n) is 7.27. The Morgan fingerprint density at radius 1 is 1.00 bits per heavy atom. The van der Waals surface area contributed by atoms with Crippen LogP contribution in [0.15, 0.2) is 24.3 Å². The Bertz CT molecular complexity index is 825. The van der Waals surface area contributed by atoms with Gasteiger partial charge in [-0.1, -0.05) is 12.8 Å². The predicted octanol–water partition coefficient (Wildman–Crippen LogP) is 1.52. The van der Waals surface area contributed by atoms with Crippen LogP contribution in [0.4, 0.5) is 5.69 Å². The second kappa shape index (κ2) is 9.51. The molecule has 1 aliphatic heterocycles. The molecule has 1 aromatic carbocycles. The van der Waals surface area contributed by atoms with Crippen LogP contribution in [0, 0.1) is 11.8 Å². The number of hydrogen-bond donors (Lipinski definition) is 1. The van der Waals surface area contributed by atoms with Crippen molar-refractivity contribution in [2.45, 2.75) is 32.6 Å². The van der Waals surface area contributed by atoms with Gasteiger partial charge in [-0.2, -0.15) is 0 Å². The Balaban J connectivity index is 1.45. The molecule has 1 aliphatic carbocycles. The van der Waals surface area contributed by atoms with E-state index in [9.17, 15) is 24.0 Å². The number of fused-ring (bicyclic) bond motifs is 1. The number of imide groups is 1. The molecule has 1 N–H and O–H groups in total. The molecule has 3 rings (SSSR count). The SMILES string of the molecule is CCOC(=O)c1ccc(NC(=O)COC(=O)CN2C(=O)[C@@H]3CCCC[C@H]3C2=O)cc1. The zero-order chi connectivity index (χ0) is 21.7. The molecule has 1 saturated heterocycles. The lowest BCUT2D eigenvalue weighted by Crippen LogP contribution is -2.37. The van der Waals surface area contributed by atoms with Crippen molar-refractivity contribution in [3.63, 3.8) is 0 Å². The highest BCUT2D eigenvalue weighted by atomic mass is 16.5. The number of nitrogens with zero attached hydrogens (tertiary/aromatic N) is 1. The van der Waals surface area contributed by atoms with Crippen LogP contribution in [0.1, 0.15) is 43.0 Å². The Morgan fingerprint density at radius 2 is 1.60 bits per heavy atom. The summed E-state index contributed by atoms with van der Waals surface area (Å²) in [5.74, 6) is -3.18. The summed E-state index contributed by atoms with van der Waals surface area (Å²) in [6, 6.07) is 6.05. The average molecular weight is 416 g/mol. The van der Waals surface area contributed by atoms with Crippen LogP contribution in [0.3, 0.4) is 0 Å². The van der Waals surface area contributed by atoms with E-state index in [1.165, 1.54) is 24.3 Å². The maximum atomic E-state index is 12.4. The van der Waals surface area contributed by atoms with Crippen molar-refractivity contribution in [1.82, 2.24) is 4.90 Å². The molecule has 2 aliphatic rings. The van der Waals surface area contributed by atoms with Crippen molar-refractivity contribution in [3.05, 3.63) is 29.8 Å². The Labute approximate surface area is 173 Å². The van der Waals surface area contributed by atoms with Crippen molar-refractivity contribution in [2.75, 3.05) is 25.1 Å². The Morgan fingerprint density at radius 3 is 2.17 bits per heavy atom. The highest BCUT2D eigenvalue weighted by molar-refractivity contribution is 6.07. The molecule has 0 unspecified atom stereocenters. The summed E-state index contributed by atoms with van der Waals surface area (Å²) in [5.41, 5.74) is 0.764. The monoisotopic (exact) mass is 416 g/mol. The molecule has 3 amide bonds. The summed E-state index contributed by atoms with van der Waals surface area (Å²) in [6.07, 6.45) is 3.13. The number of hydrogen-bond acceptors (Lipinski definition) is 7. The normalized spacial score (nSPS) is 20.5. The van der Waals surface area contributed by atoms with Gasteiger partial charge in [0, 0.05) is 5.69 Å². The summed E-state index contributed by atoms with van der Waals surface area (Å²) in [5, 5.41) is 2.53. The van der Waals surface area contributed by atoms with Crippen LogP contribution in [0.25, 0.3) is 0 Å². The van der Waals surface area contributed by atoms with Gasteiger partial charge in [-0.15, -0.1) is 0 Å². The van der Waals surface area contributed by atoms with Gasteiger partial charge in [0.05, 0.1) is 24.0 Å². The van der Waals surface area contributed by atoms with Crippen LogP contribution in [0.5, 0.6) is 0 Å². The van der Waals surface area contributed by atoms with E-state index in [2.05, 4.69) is 5.32 Å². The third-order valence-corrected chi connectivity index (χ3v) is 5.26. The smallest absolute Gasteiger partial charge is 0.338 e. The first-order valence-corrected chi connectivity index (χ1v) is 9.98. The van der Waals surface area contributed by atoms with E-state index in [1.54, 1.807) is 6.92 Å². The van der Waals surface area contributed by atoms with Crippen LogP contribution in [0.2, 0.25) is 0 Å². The molecule has 0 spiro atoms. The summed E-state index contributed by atoms with van der Waals surface area (Å²) in [4.78, 5) is 61.3. The largest absolute Gasteiger partial charge is 0.462 e. The van der Waals surface area contributed by atoms with Gasteiger partial charge in [0.2, 0.25) is 11.8 Å². The Kier molecular flexibility index (Phi) is 6.81. The van der Waals surface area contributed by atoms with Crippen molar-refractivity contribution in [1.29, 1.82) is 0 Å². The van der Waals surface area contributed by atoms with Gasteiger partial charge >= 0.3 is 11.9 Å². The first-order chi connectivity index (χ1) is 14.4. The standard InChI is InChI=1S/C21H24N2O7/c1-2-29-21(28)13-7-9-14(10-8-13)22-17(24)12-30-18(25)11-23-19(26)15-5-3-4-6-16(15)20(23)27/h7-10,15-16H,2-6,11-12H2,1H3,(H,22,24)/t15-,16-/m1/s1. The predicted molar refractivity (Wildman–Crippen MR) is 104 cm³/mol. The topological polar surface area (TPSA) is 119 Å². The number of ether oxygens (including phenoxy) is 2. The first-order valence-electron chi connectivity index (χ1n) is 9.98. The molecule has 9 heteroatoms. The quantitative estimate of drug-likeness (QED) is 0.529. The van der Waals surface area contributed by atoms with E-state index in [0.717, 1.165) is 17.7 Å². The van der Waals surface area contributed by atoms with Crippen LogP contribution < -0.4 is 5.32 Å². The average Bonchev–Trinajstić information content (AvgIpc) is 2.98. The molecular formula is C21H24N2O7. The lowest BCUT2D eigenvalue weighted by molar-refractivity contribution is -0.154. The zero-order valence-electron chi connectivity index (χ0n) is 16.7. The van der Waals surface area contributed by atoms with E-state index in [1.807, 2.05) is 0 Å². The molecule has 0 radical (unpaired) electrons. The maximum absolute atomic E-state index is 12.4. The molecule has 2 fully saturated rings. The molecule has 0 bridgehead atoms. The Hall–Kier alpha value is -3.23. The maximum Gasteiger partial charge on any atom is 0.338 e. The third kappa shape index (κ3) is 4.84. The van der Waals surface area contributed by atoms with E-state index in [-0.39, 0.29) is 30.3 Å². The number of benzene rings is 1. The van der Waals surface area contributed by atoms with Gasteiger partial charge in [-0.25, -0.2) is 4.79 Å². The molecule has 2 atom stereocenters. The molecule has 30 heavy (non-hydrogen) atoms. The van der Waals surface area contributed by atoms with E-state index in [0.29, 0.717) is 24.1 Å². The number of likely N-dealkylation sites (tertiary alicyclic amines) is 1. The minimum absolute atomic E-state index is 0.263. The van der Waals surface area contributed by atoms with Crippen LogP contribution in [-0.2, 0) is 28.7 Å². The zero-order valence-corrected chi connectivity index (χ0v) is 16.7. The van der Waals surface area contributed by atoms with Crippen molar-refractivity contribution < 1.29 is 33.4 Å². The lowest BCUT2D eigenvalue weighted by atomic mass is 9.81. The number of amides is 3. The van der Waals surface area contributed by atoms with Crippen LogP contribution in [-0.4, -0.2) is 54.3 Å². The summed E-state index contributed by atoms with van der Waals surface area (Å²) >= 11 is 0. The second-order valence-corrected chi connectivity index (χ2v) is 7.27.